The number of nitrogens with zero attached hydrogens (tertiary/aromatic N) is 1. The summed E-state index contributed by atoms with van der Waals surface area (Å²) in [5.74, 6) is 0.554. The summed E-state index contributed by atoms with van der Waals surface area (Å²) in [6, 6.07) is 10.3. The summed E-state index contributed by atoms with van der Waals surface area (Å²) in [5, 5.41) is 13.1. The molecule has 6 heteroatoms. The van der Waals surface area contributed by atoms with Gasteiger partial charge in [0.15, 0.2) is 0 Å². The average Bonchev–Trinajstić information content (AvgIpc) is 2.42. The number of ether oxygens (including phenoxy) is 1. The molecule has 0 saturated carbocycles. The van der Waals surface area contributed by atoms with Crippen LogP contribution in [0.15, 0.2) is 41.6 Å². The van der Waals surface area contributed by atoms with Gasteiger partial charge in [0.2, 0.25) is 0 Å². The second-order valence-electron chi connectivity index (χ2n) is 3.96. The third kappa shape index (κ3) is 3.79. The van der Waals surface area contributed by atoms with Gasteiger partial charge >= 0.3 is 0 Å². The Balaban J connectivity index is 2.16. The summed E-state index contributed by atoms with van der Waals surface area (Å²) < 4.78 is 5.66. The second kappa shape index (κ2) is 6.84. The zero-order valence-electron chi connectivity index (χ0n) is 10.2. The molecular formula is C14H10Cl3NO2. The van der Waals surface area contributed by atoms with Crippen LogP contribution in [0.4, 0.5) is 0 Å². The molecule has 0 fully saturated rings. The minimum absolute atomic E-state index is 0.310. The van der Waals surface area contributed by atoms with E-state index in [1.54, 1.807) is 30.3 Å². The first kappa shape index (κ1) is 15.0. The van der Waals surface area contributed by atoms with Crippen LogP contribution in [0.5, 0.6) is 5.75 Å². The van der Waals surface area contributed by atoms with Crippen LogP contribution in [0.2, 0.25) is 15.1 Å². The molecule has 1 N–H and O–H groups in total. The molecule has 0 bridgehead atoms. The fourth-order valence-electron chi connectivity index (χ4n) is 1.60. The van der Waals surface area contributed by atoms with Crippen molar-refractivity contribution in [1.82, 2.24) is 0 Å². The van der Waals surface area contributed by atoms with Crippen molar-refractivity contribution in [1.29, 1.82) is 0 Å². The molecule has 0 atom stereocenters. The monoisotopic (exact) mass is 329 g/mol. The zero-order valence-corrected chi connectivity index (χ0v) is 12.5. The molecule has 2 rings (SSSR count). The lowest BCUT2D eigenvalue weighted by atomic mass is 10.2. The van der Waals surface area contributed by atoms with Crippen molar-refractivity contribution in [2.45, 2.75) is 6.61 Å². The Morgan fingerprint density at radius 2 is 1.85 bits per heavy atom. The largest absolute Gasteiger partial charge is 0.488 e. The van der Waals surface area contributed by atoms with Crippen LogP contribution in [0.25, 0.3) is 0 Å². The van der Waals surface area contributed by atoms with Gasteiger partial charge in [-0.15, -0.1) is 0 Å². The molecule has 104 valence electrons. The Hall–Kier alpha value is -1.42. The van der Waals surface area contributed by atoms with E-state index in [9.17, 15) is 0 Å². The van der Waals surface area contributed by atoms with E-state index in [2.05, 4.69) is 5.16 Å². The van der Waals surface area contributed by atoms with Crippen LogP contribution in [0.3, 0.4) is 0 Å². The van der Waals surface area contributed by atoms with Crippen LogP contribution < -0.4 is 4.74 Å². The Kier molecular flexibility index (Phi) is 5.12. The maximum atomic E-state index is 8.63. The molecule has 2 aromatic rings. The quantitative estimate of drug-likeness (QED) is 0.485. The Morgan fingerprint density at radius 3 is 2.55 bits per heavy atom. The number of rotatable bonds is 4. The minimum atomic E-state index is 0.310. The molecule has 2 aromatic carbocycles. The van der Waals surface area contributed by atoms with E-state index in [1.165, 1.54) is 6.21 Å². The fourth-order valence-corrected chi connectivity index (χ4v) is 2.11. The lowest BCUT2D eigenvalue weighted by Gasteiger charge is -2.10. The summed E-state index contributed by atoms with van der Waals surface area (Å²) >= 11 is 17.7. The molecule has 0 aliphatic heterocycles. The van der Waals surface area contributed by atoms with E-state index < -0.39 is 0 Å². The van der Waals surface area contributed by atoms with E-state index in [0.29, 0.717) is 33.0 Å². The van der Waals surface area contributed by atoms with E-state index in [1.807, 2.05) is 6.07 Å². The van der Waals surface area contributed by atoms with E-state index in [0.717, 1.165) is 5.56 Å². The van der Waals surface area contributed by atoms with Gasteiger partial charge in [0.25, 0.3) is 0 Å². The highest BCUT2D eigenvalue weighted by molar-refractivity contribution is 6.42. The SMILES string of the molecule is ON=Cc1cc(Cl)ccc1OCc1ccc(Cl)c(Cl)c1. The molecule has 0 aliphatic carbocycles. The fraction of sp³-hybridized carbons (Fsp3) is 0.0714. The van der Waals surface area contributed by atoms with Gasteiger partial charge < -0.3 is 9.94 Å². The summed E-state index contributed by atoms with van der Waals surface area (Å²) in [5.41, 5.74) is 1.46. The summed E-state index contributed by atoms with van der Waals surface area (Å²) in [6.07, 6.45) is 1.26. The Labute approximate surface area is 131 Å². The maximum absolute atomic E-state index is 8.63. The smallest absolute Gasteiger partial charge is 0.128 e. The third-order valence-electron chi connectivity index (χ3n) is 2.55. The van der Waals surface area contributed by atoms with E-state index in [-0.39, 0.29) is 0 Å². The number of hydrogen-bond donors (Lipinski definition) is 1. The number of oxime groups is 1. The van der Waals surface area contributed by atoms with Gasteiger partial charge in [0.05, 0.1) is 16.3 Å². The molecular weight excluding hydrogens is 321 g/mol. The lowest BCUT2D eigenvalue weighted by molar-refractivity contribution is 0.304. The Bertz CT molecular complexity index is 644. The molecule has 0 saturated heterocycles. The van der Waals surface area contributed by atoms with Crippen molar-refractivity contribution in [2.75, 3.05) is 0 Å². The topological polar surface area (TPSA) is 41.8 Å². The number of benzene rings is 2. The summed E-state index contributed by atoms with van der Waals surface area (Å²) in [6.45, 7) is 0.310. The maximum Gasteiger partial charge on any atom is 0.128 e. The molecule has 0 aliphatic rings. The first-order chi connectivity index (χ1) is 9.60. The van der Waals surface area contributed by atoms with Crippen molar-refractivity contribution in [3.8, 4) is 5.75 Å². The Morgan fingerprint density at radius 1 is 1.05 bits per heavy atom. The van der Waals surface area contributed by atoms with Gasteiger partial charge in [-0.2, -0.15) is 0 Å². The first-order valence-corrected chi connectivity index (χ1v) is 6.77. The lowest BCUT2D eigenvalue weighted by Crippen LogP contribution is -1.98. The molecule has 20 heavy (non-hydrogen) atoms. The van der Waals surface area contributed by atoms with Gasteiger partial charge in [-0.25, -0.2) is 0 Å². The molecule has 0 unspecified atom stereocenters. The predicted octanol–water partition coefficient (Wildman–Crippen LogP) is 5.03. The third-order valence-corrected chi connectivity index (χ3v) is 3.52. The van der Waals surface area contributed by atoms with Crippen molar-refractivity contribution in [3.05, 3.63) is 62.6 Å². The van der Waals surface area contributed by atoms with Gasteiger partial charge in [-0.3, -0.25) is 0 Å². The van der Waals surface area contributed by atoms with Gasteiger partial charge in [0, 0.05) is 10.6 Å². The van der Waals surface area contributed by atoms with Crippen LogP contribution in [0, 0.1) is 0 Å². The molecule has 0 heterocycles. The van der Waals surface area contributed by atoms with Crippen molar-refractivity contribution in [2.24, 2.45) is 5.16 Å². The predicted molar refractivity (Wildman–Crippen MR) is 81.6 cm³/mol. The zero-order chi connectivity index (χ0) is 14.5. The molecule has 0 radical (unpaired) electrons. The normalized spacial score (nSPS) is 10.9. The van der Waals surface area contributed by atoms with Crippen LogP contribution in [-0.4, -0.2) is 11.4 Å². The van der Waals surface area contributed by atoms with Crippen molar-refractivity contribution >= 4 is 41.0 Å². The van der Waals surface area contributed by atoms with Crippen molar-refractivity contribution < 1.29 is 9.94 Å². The summed E-state index contributed by atoms with van der Waals surface area (Å²) in [7, 11) is 0. The minimum Gasteiger partial charge on any atom is -0.488 e. The van der Waals surface area contributed by atoms with Crippen LogP contribution in [-0.2, 0) is 6.61 Å². The summed E-state index contributed by atoms with van der Waals surface area (Å²) in [4.78, 5) is 0. The van der Waals surface area contributed by atoms with Gasteiger partial charge in [-0.05, 0) is 35.9 Å². The highest BCUT2D eigenvalue weighted by Crippen LogP contribution is 2.25. The number of halogens is 3. The molecule has 0 spiro atoms. The van der Waals surface area contributed by atoms with Crippen LogP contribution in [0.1, 0.15) is 11.1 Å². The van der Waals surface area contributed by atoms with E-state index in [4.69, 9.17) is 44.7 Å². The highest BCUT2D eigenvalue weighted by atomic mass is 35.5. The first-order valence-electron chi connectivity index (χ1n) is 5.64. The molecule has 3 nitrogen and oxygen atoms in total. The molecule has 0 amide bonds. The molecule has 0 aromatic heterocycles. The van der Waals surface area contributed by atoms with Gasteiger partial charge in [-0.1, -0.05) is 46.0 Å². The number of hydrogen-bond acceptors (Lipinski definition) is 3. The average molecular weight is 331 g/mol. The van der Waals surface area contributed by atoms with Gasteiger partial charge in [0.1, 0.15) is 12.4 Å². The standard InChI is InChI=1S/C14H10Cl3NO2/c15-11-2-4-14(10(6-11)7-18-19)20-8-9-1-3-12(16)13(17)5-9/h1-7,19H,8H2. The van der Waals surface area contributed by atoms with Crippen LogP contribution >= 0.6 is 34.8 Å². The van der Waals surface area contributed by atoms with Crippen molar-refractivity contribution in [3.63, 3.8) is 0 Å². The second-order valence-corrected chi connectivity index (χ2v) is 5.21. The highest BCUT2D eigenvalue weighted by Gasteiger charge is 2.05. The van der Waals surface area contributed by atoms with E-state index >= 15 is 0 Å².